The number of nitrogens with zero attached hydrogens (tertiary/aromatic N) is 1. The van der Waals surface area contributed by atoms with Gasteiger partial charge in [-0.3, -0.25) is 4.98 Å². The summed E-state index contributed by atoms with van der Waals surface area (Å²) >= 11 is 0. The molecule has 4 saturated carbocycles. The predicted octanol–water partition coefficient (Wildman–Crippen LogP) is 3.64. The molecule has 118 valence electrons. The van der Waals surface area contributed by atoms with Gasteiger partial charge >= 0.3 is 5.97 Å². The first kappa shape index (κ1) is 14.0. The summed E-state index contributed by atoms with van der Waals surface area (Å²) in [6.07, 6.45) is 11.6. The number of hydrogen-bond donors (Lipinski definition) is 1. The van der Waals surface area contributed by atoms with E-state index in [4.69, 9.17) is 4.74 Å². The average Bonchev–Trinajstić information content (AvgIpc) is 2.45. The molecule has 4 heteroatoms. The van der Waals surface area contributed by atoms with Crippen molar-refractivity contribution in [2.45, 2.75) is 51.0 Å². The van der Waals surface area contributed by atoms with Crippen LogP contribution in [0.2, 0.25) is 0 Å². The fourth-order valence-electron chi connectivity index (χ4n) is 5.40. The number of esters is 1. The average molecular weight is 300 g/mol. The summed E-state index contributed by atoms with van der Waals surface area (Å²) in [5.41, 5.74) is 1.74. The van der Waals surface area contributed by atoms with Gasteiger partial charge in [-0.25, -0.2) is 4.79 Å². The third kappa shape index (κ3) is 2.49. The number of aromatic nitrogens is 1. The minimum Gasteiger partial charge on any atom is -0.462 e. The van der Waals surface area contributed by atoms with Crippen molar-refractivity contribution in [1.82, 2.24) is 4.98 Å². The number of pyridine rings is 1. The second kappa shape index (κ2) is 5.25. The molecule has 0 atom stereocenters. The number of rotatable bonds is 4. The Kier molecular flexibility index (Phi) is 3.35. The minimum atomic E-state index is -0.288. The molecule has 0 unspecified atom stereocenters. The number of ether oxygens (including phenoxy) is 1. The van der Waals surface area contributed by atoms with E-state index in [0.717, 1.165) is 23.4 Å². The quantitative estimate of drug-likeness (QED) is 0.863. The van der Waals surface area contributed by atoms with Crippen LogP contribution in [0.5, 0.6) is 0 Å². The van der Waals surface area contributed by atoms with Crippen molar-refractivity contribution in [3.63, 3.8) is 0 Å². The van der Waals surface area contributed by atoms with E-state index >= 15 is 0 Å². The molecule has 1 aromatic heterocycles. The molecule has 5 rings (SSSR count). The fourth-order valence-corrected chi connectivity index (χ4v) is 5.40. The number of carbonyl (C=O) groups excluding carboxylic acids is 1. The lowest BCUT2D eigenvalue weighted by Crippen LogP contribution is -2.54. The third-order valence-electron chi connectivity index (χ3n) is 5.70. The lowest BCUT2D eigenvalue weighted by molar-refractivity contribution is 0.0107. The molecule has 4 bridgehead atoms. The largest absolute Gasteiger partial charge is 0.462 e. The van der Waals surface area contributed by atoms with Crippen molar-refractivity contribution in [3.8, 4) is 0 Å². The smallest absolute Gasteiger partial charge is 0.339 e. The molecule has 0 aromatic carbocycles. The van der Waals surface area contributed by atoms with Crippen LogP contribution in [0.15, 0.2) is 18.5 Å². The molecule has 0 saturated heterocycles. The van der Waals surface area contributed by atoms with E-state index in [1.165, 1.54) is 38.5 Å². The van der Waals surface area contributed by atoms with Gasteiger partial charge in [0.2, 0.25) is 0 Å². The highest BCUT2D eigenvalue weighted by Gasteiger charge is 2.50. The van der Waals surface area contributed by atoms with Gasteiger partial charge in [-0.2, -0.15) is 0 Å². The maximum atomic E-state index is 11.9. The second-order valence-electron chi connectivity index (χ2n) is 7.51. The van der Waals surface area contributed by atoms with Crippen molar-refractivity contribution < 1.29 is 9.53 Å². The Balaban J connectivity index is 1.54. The number of carbonyl (C=O) groups is 1. The van der Waals surface area contributed by atoms with Crippen molar-refractivity contribution >= 4 is 11.7 Å². The molecule has 22 heavy (non-hydrogen) atoms. The van der Waals surface area contributed by atoms with Crippen molar-refractivity contribution in [1.29, 1.82) is 0 Å². The SMILES string of the molecule is CCOC(=O)c1cncc(NC23CC4CC(CC(C4)C2)C3)c1. The Labute approximate surface area is 131 Å². The molecule has 4 fully saturated rings. The van der Waals surface area contributed by atoms with Gasteiger partial charge < -0.3 is 10.1 Å². The Bertz CT molecular complexity index is 549. The van der Waals surface area contributed by atoms with E-state index in [1.807, 2.05) is 19.2 Å². The highest BCUT2D eigenvalue weighted by molar-refractivity contribution is 5.90. The zero-order valence-corrected chi connectivity index (χ0v) is 13.2. The summed E-state index contributed by atoms with van der Waals surface area (Å²) in [4.78, 5) is 16.1. The monoisotopic (exact) mass is 300 g/mol. The maximum absolute atomic E-state index is 11.9. The predicted molar refractivity (Wildman–Crippen MR) is 84.7 cm³/mol. The summed E-state index contributed by atoms with van der Waals surface area (Å²) in [6.45, 7) is 2.22. The third-order valence-corrected chi connectivity index (χ3v) is 5.70. The van der Waals surface area contributed by atoms with Crippen LogP contribution in [0.3, 0.4) is 0 Å². The minimum absolute atomic E-state index is 0.240. The van der Waals surface area contributed by atoms with Crippen LogP contribution in [0.1, 0.15) is 55.8 Å². The molecule has 1 aromatic rings. The van der Waals surface area contributed by atoms with Gasteiger partial charge in [0.15, 0.2) is 0 Å². The van der Waals surface area contributed by atoms with Gasteiger partial charge in [0.05, 0.1) is 17.9 Å². The molecule has 0 amide bonds. The van der Waals surface area contributed by atoms with E-state index in [2.05, 4.69) is 10.3 Å². The molecule has 1 heterocycles. The molecule has 4 aliphatic rings. The van der Waals surface area contributed by atoms with Crippen LogP contribution in [0.4, 0.5) is 5.69 Å². The molecule has 4 aliphatic carbocycles. The number of hydrogen-bond acceptors (Lipinski definition) is 4. The highest BCUT2D eigenvalue weighted by atomic mass is 16.5. The molecule has 0 aliphatic heterocycles. The summed E-state index contributed by atoms with van der Waals surface area (Å²) in [5.74, 6) is 2.42. The number of nitrogens with one attached hydrogen (secondary N) is 1. The van der Waals surface area contributed by atoms with Gasteiger partial charge in [-0.15, -0.1) is 0 Å². The first-order valence-electron chi connectivity index (χ1n) is 8.56. The second-order valence-corrected chi connectivity index (χ2v) is 7.51. The van der Waals surface area contributed by atoms with Crippen LogP contribution in [0.25, 0.3) is 0 Å². The molecule has 4 nitrogen and oxygen atoms in total. The van der Waals surface area contributed by atoms with E-state index in [0.29, 0.717) is 12.2 Å². The van der Waals surface area contributed by atoms with Crippen LogP contribution < -0.4 is 5.32 Å². The van der Waals surface area contributed by atoms with E-state index in [9.17, 15) is 4.79 Å². The Hall–Kier alpha value is -1.58. The van der Waals surface area contributed by atoms with Crippen molar-refractivity contribution in [2.24, 2.45) is 17.8 Å². The molecule has 1 N–H and O–H groups in total. The number of anilines is 1. The molecular weight excluding hydrogens is 276 g/mol. The van der Waals surface area contributed by atoms with Crippen LogP contribution in [0, 0.1) is 17.8 Å². The molecular formula is C18H24N2O2. The molecule has 0 radical (unpaired) electrons. The lowest BCUT2D eigenvalue weighted by Gasteiger charge is -2.57. The van der Waals surface area contributed by atoms with Crippen LogP contribution >= 0.6 is 0 Å². The van der Waals surface area contributed by atoms with Gasteiger partial charge in [0.1, 0.15) is 0 Å². The highest BCUT2D eigenvalue weighted by Crippen LogP contribution is 2.56. The van der Waals surface area contributed by atoms with Gasteiger partial charge in [-0.1, -0.05) is 0 Å². The topological polar surface area (TPSA) is 51.2 Å². The lowest BCUT2D eigenvalue weighted by atomic mass is 9.53. The summed E-state index contributed by atoms with van der Waals surface area (Å²) < 4.78 is 5.07. The van der Waals surface area contributed by atoms with Gasteiger partial charge in [-0.05, 0) is 69.3 Å². The zero-order valence-electron chi connectivity index (χ0n) is 13.2. The Morgan fingerprint density at radius 2 is 1.86 bits per heavy atom. The first-order chi connectivity index (χ1) is 10.7. The first-order valence-corrected chi connectivity index (χ1v) is 8.56. The fraction of sp³-hybridized carbons (Fsp3) is 0.667. The normalized spacial score (nSPS) is 35.4. The molecule has 0 spiro atoms. The Morgan fingerprint density at radius 1 is 1.23 bits per heavy atom. The van der Waals surface area contributed by atoms with Crippen LogP contribution in [-0.4, -0.2) is 23.1 Å². The Morgan fingerprint density at radius 3 is 2.45 bits per heavy atom. The summed E-state index contributed by atoms with van der Waals surface area (Å²) in [5, 5.41) is 3.75. The van der Waals surface area contributed by atoms with Gasteiger partial charge in [0, 0.05) is 17.9 Å². The maximum Gasteiger partial charge on any atom is 0.339 e. The van der Waals surface area contributed by atoms with Crippen LogP contribution in [-0.2, 0) is 4.74 Å². The van der Waals surface area contributed by atoms with E-state index < -0.39 is 0 Å². The summed E-state index contributed by atoms with van der Waals surface area (Å²) in [7, 11) is 0. The summed E-state index contributed by atoms with van der Waals surface area (Å²) in [6, 6.07) is 1.89. The zero-order chi connectivity index (χ0) is 15.2. The van der Waals surface area contributed by atoms with E-state index in [1.54, 1.807) is 6.20 Å². The standard InChI is InChI=1S/C18H24N2O2/c1-2-22-17(21)15-6-16(11-19-10-15)20-18-7-12-3-13(8-18)5-14(4-12)9-18/h6,10-14,20H,2-5,7-9H2,1H3. The van der Waals surface area contributed by atoms with Gasteiger partial charge in [0.25, 0.3) is 0 Å². The van der Waals surface area contributed by atoms with E-state index in [-0.39, 0.29) is 11.5 Å². The van der Waals surface area contributed by atoms with Crippen molar-refractivity contribution in [2.75, 3.05) is 11.9 Å². The van der Waals surface area contributed by atoms with Crippen molar-refractivity contribution in [3.05, 3.63) is 24.0 Å².